The number of rotatable bonds is 7. The van der Waals surface area contributed by atoms with E-state index >= 15 is 0 Å². The van der Waals surface area contributed by atoms with Gasteiger partial charge in [-0.25, -0.2) is 9.67 Å². The third kappa shape index (κ3) is 4.08. The molecule has 0 radical (unpaired) electrons. The van der Waals surface area contributed by atoms with E-state index in [1.165, 1.54) is 0 Å². The number of carbonyl (C=O) groups is 1. The molecule has 0 bridgehead atoms. The standard InChI is InChI=1S/C23H30N4O/c1-6-12-26(15-18-10-8-7-9-11-18)23(28)19-13-21(16(2)3)25-22-20(19)14-24-27(22)17(4)5/h7-11,13-14,16-17H,6,12,15H2,1-5H3. The molecule has 148 valence electrons. The molecule has 0 fully saturated rings. The van der Waals surface area contributed by atoms with Crippen molar-refractivity contribution >= 4 is 16.9 Å². The van der Waals surface area contributed by atoms with Crippen LogP contribution in [0, 0.1) is 0 Å². The van der Waals surface area contributed by atoms with Crippen molar-refractivity contribution in [2.24, 2.45) is 0 Å². The van der Waals surface area contributed by atoms with Crippen molar-refractivity contribution in [2.75, 3.05) is 6.54 Å². The summed E-state index contributed by atoms with van der Waals surface area (Å²) in [6.07, 6.45) is 2.70. The molecule has 2 aromatic heterocycles. The number of fused-ring (bicyclic) bond motifs is 1. The van der Waals surface area contributed by atoms with E-state index < -0.39 is 0 Å². The minimum Gasteiger partial charge on any atom is -0.334 e. The highest BCUT2D eigenvalue weighted by Crippen LogP contribution is 2.26. The molecule has 0 saturated heterocycles. The Bertz CT molecular complexity index is 944. The zero-order valence-corrected chi connectivity index (χ0v) is 17.5. The molecule has 0 aliphatic carbocycles. The summed E-state index contributed by atoms with van der Waals surface area (Å²) in [5.74, 6) is 0.281. The minimum atomic E-state index is 0.0447. The van der Waals surface area contributed by atoms with Crippen LogP contribution in [0.4, 0.5) is 0 Å². The Morgan fingerprint density at radius 3 is 2.46 bits per heavy atom. The predicted octanol–water partition coefficient (Wildman–Crippen LogP) is 5.19. The van der Waals surface area contributed by atoms with E-state index in [0.29, 0.717) is 18.7 Å². The summed E-state index contributed by atoms with van der Waals surface area (Å²) < 4.78 is 1.90. The van der Waals surface area contributed by atoms with Crippen LogP contribution in [0.2, 0.25) is 0 Å². The van der Waals surface area contributed by atoms with E-state index in [2.05, 4.69) is 51.9 Å². The molecule has 2 heterocycles. The van der Waals surface area contributed by atoms with E-state index in [-0.39, 0.29) is 17.9 Å². The highest BCUT2D eigenvalue weighted by Gasteiger charge is 2.22. The highest BCUT2D eigenvalue weighted by atomic mass is 16.2. The Kier molecular flexibility index (Phi) is 6.12. The minimum absolute atomic E-state index is 0.0447. The van der Waals surface area contributed by atoms with Gasteiger partial charge in [0.25, 0.3) is 5.91 Å². The molecule has 0 aliphatic heterocycles. The summed E-state index contributed by atoms with van der Waals surface area (Å²) in [7, 11) is 0. The molecular formula is C23H30N4O. The second kappa shape index (κ2) is 8.55. The molecule has 5 heteroatoms. The molecule has 0 unspecified atom stereocenters. The van der Waals surface area contributed by atoms with Gasteiger partial charge in [-0.05, 0) is 37.8 Å². The van der Waals surface area contributed by atoms with Gasteiger partial charge in [0.1, 0.15) is 0 Å². The average molecular weight is 379 g/mol. The smallest absolute Gasteiger partial charge is 0.255 e. The van der Waals surface area contributed by atoms with Crippen LogP contribution in [0.25, 0.3) is 11.0 Å². The van der Waals surface area contributed by atoms with Crippen molar-refractivity contribution in [3.63, 3.8) is 0 Å². The van der Waals surface area contributed by atoms with Crippen LogP contribution in [0.15, 0.2) is 42.6 Å². The number of hydrogen-bond donors (Lipinski definition) is 0. The fourth-order valence-corrected chi connectivity index (χ4v) is 3.38. The number of carbonyl (C=O) groups excluding carboxylic acids is 1. The maximum absolute atomic E-state index is 13.6. The number of aromatic nitrogens is 3. The van der Waals surface area contributed by atoms with Crippen molar-refractivity contribution in [3.05, 3.63) is 59.4 Å². The van der Waals surface area contributed by atoms with Gasteiger partial charge in [0.05, 0.1) is 17.1 Å². The molecule has 28 heavy (non-hydrogen) atoms. The third-order valence-corrected chi connectivity index (χ3v) is 4.89. The van der Waals surface area contributed by atoms with Gasteiger partial charge in [-0.2, -0.15) is 5.10 Å². The van der Waals surface area contributed by atoms with Crippen molar-refractivity contribution in [3.8, 4) is 0 Å². The summed E-state index contributed by atoms with van der Waals surface area (Å²) in [6, 6.07) is 12.3. The average Bonchev–Trinajstić information content (AvgIpc) is 3.11. The number of hydrogen-bond acceptors (Lipinski definition) is 3. The number of nitrogens with zero attached hydrogens (tertiary/aromatic N) is 4. The Hall–Kier alpha value is -2.69. The van der Waals surface area contributed by atoms with Crippen LogP contribution in [0.3, 0.4) is 0 Å². The van der Waals surface area contributed by atoms with Gasteiger partial charge >= 0.3 is 0 Å². The zero-order valence-electron chi connectivity index (χ0n) is 17.5. The first-order valence-electron chi connectivity index (χ1n) is 10.1. The van der Waals surface area contributed by atoms with Crippen LogP contribution < -0.4 is 0 Å². The molecular weight excluding hydrogens is 348 g/mol. The molecule has 3 rings (SSSR count). The third-order valence-electron chi connectivity index (χ3n) is 4.89. The van der Waals surface area contributed by atoms with Crippen molar-refractivity contribution < 1.29 is 4.79 Å². The molecule has 3 aromatic rings. The fraction of sp³-hybridized carbons (Fsp3) is 0.435. The second-order valence-corrected chi connectivity index (χ2v) is 7.88. The lowest BCUT2D eigenvalue weighted by Crippen LogP contribution is -2.31. The Balaban J connectivity index is 2.07. The van der Waals surface area contributed by atoms with Gasteiger partial charge in [0, 0.05) is 24.8 Å². The number of benzene rings is 1. The van der Waals surface area contributed by atoms with Gasteiger partial charge in [-0.15, -0.1) is 0 Å². The van der Waals surface area contributed by atoms with E-state index in [9.17, 15) is 4.79 Å². The fourth-order valence-electron chi connectivity index (χ4n) is 3.38. The van der Waals surface area contributed by atoms with Crippen molar-refractivity contribution in [2.45, 2.75) is 59.5 Å². The van der Waals surface area contributed by atoms with Crippen molar-refractivity contribution in [1.82, 2.24) is 19.7 Å². The molecule has 0 atom stereocenters. The molecule has 0 saturated carbocycles. The summed E-state index contributed by atoms with van der Waals surface area (Å²) in [6.45, 7) is 11.8. The normalized spacial score (nSPS) is 11.5. The summed E-state index contributed by atoms with van der Waals surface area (Å²) in [5, 5.41) is 5.34. The maximum atomic E-state index is 13.6. The van der Waals surface area contributed by atoms with Gasteiger partial charge in [-0.1, -0.05) is 51.1 Å². The molecule has 0 spiro atoms. The first-order chi connectivity index (χ1) is 13.4. The quantitative estimate of drug-likeness (QED) is 0.568. The van der Waals surface area contributed by atoms with Crippen LogP contribution in [0.1, 0.15) is 74.6 Å². The lowest BCUT2D eigenvalue weighted by atomic mass is 10.0. The van der Waals surface area contributed by atoms with Gasteiger partial charge in [0.2, 0.25) is 0 Å². The second-order valence-electron chi connectivity index (χ2n) is 7.88. The van der Waals surface area contributed by atoms with Crippen LogP contribution in [-0.2, 0) is 6.54 Å². The van der Waals surface area contributed by atoms with Gasteiger partial charge in [0.15, 0.2) is 5.65 Å². The summed E-state index contributed by atoms with van der Waals surface area (Å²) >= 11 is 0. The van der Waals surface area contributed by atoms with E-state index in [1.807, 2.05) is 33.8 Å². The van der Waals surface area contributed by atoms with Crippen LogP contribution in [-0.4, -0.2) is 32.1 Å². The lowest BCUT2D eigenvalue weighted by molar-refractivity contribution is 0.0745. The van der Waals surface area contributed by atoms with Gasteiger partial charge < -0.3 is 4.90 Å². The van der Waals surface area contributed by atoms with E-state index in [4.69, 9.17) is 4.98 Å². The number of amides is 1. The zero-order chi connectivity index (χ0) is 20.3. The molecule has 5 nitrogen and oxygen atoms in total. The first kappa shape index (κ1) is 20.1. The van der Waals surface area contributed by atoms with E-state index in [1.54, 1.807) is 6.20 Å². The predicted molar refractivity (Wildman–Crippen MR) is 113 cm³/mol. The van der Waals surface area contributed by atoms with Crippen molar-refractivity contribution in [1.29, 1.82) is 0 Å². The first-order valence-corrected chi connectivity index (χ1v) is 10.1. The summed E-state index contributed by atoms with van der Waals surface area (Å²) in [5.41, 5.74) is 3.55. The summed E-state index contributed by atoms with van der Waals surface area (Å²) in [4.78, 5) is 20.3. The monoisotopic (exact) mass is 378 g/mol. The number of pyridine rings is 1. The van der Waals surface area contributed by atoms with Crippen LogP contribution >= 0.6 is 0 Å². The van der Waals surface area contributed by atoms with Gasteiger partial charge in [-0.3, -0.25) is 4.79 Å². The molecule has 1 aromatic carbocycles. The van der Waals surface area contributed by atoms with Crippen LogP contribution in [0.5, 0.6) is 0 Å². The Labute approximate surface area is 167 Å². The Morgan fingerprint density at radius 1 is 1.14 bits per heavy atom. The largest absolute Gasteiger partial charge is 0.334 e. The Morgan fingerprint density at radius 2 is 1.86 bits per heavy atom. The van der Waals surface area contributed by atoms with E-state index in [0.717, 1.165) is 28.7 Å². The maximum Gasteiger partial charge on any atom is 0.255 e. The molecule has 0 aliphatic rings. The SMILES string of the molecule is CCCN(Cc1ccccc1)C(=O)c1cc(C(C)C)nc2c1cnn2C(C)C. The molecule has 0 N–H and O–H groups in total. The highest BCUT2D eigenvalue weighted by molar-refractivity contribution is 6.05. The topological polar surface area (TPSA) is 51.0 Å². The lowest BCUT2D eigenvalue weighted by Gasteiger charge is -2.23. The molecule has 1 amide bonds.